The van der Waals surface area contributed by atoms with Crippen LogP contribution in [0.5, 0.6) is 0 Å². The fourth-order valence-electron chi connectivity index (χ4n) is 0.825. The second-order valence-corrected chi connectivity index (χ2v) is 4.73. The van der Waals surface area contributed by atoms with Gasteiger partial charge in [0, 0.05) is 0 Å². The maximum absolute atomic E-state index is 9.72. The van der Waals surface area contributed by atoms with E-state index in [1.165, 1.54) is 0 Å². The molecule has 0 aromatic carbocycles. The molecule has 76 valence electrons. The predicted octanol–water partition coefficient (Wildman–Crippen LogP) is 1.18. The minimum atomic E-state index is -4.21. The summed E-state index contributed by atoms with van der Waals surface area (Å²) in [5.74, 6) is 0. The third kappa shape index (κ3) is 3.76. The second-order valence-electron chi connectivity index (χ2n) is 2.15. The average molecular weight is 199 g/mol. The van der Waals surface area contributed by atoms with Crippen LogP contribution in [-0.4, -0.2) is 24.7 Å². The van der Waals surface area contributed by atoms with Crippen molar-refractivity contribution in [1.82, 2.24) is 0 Å². The number of hydrogen-bond donors (Lipinski definition) is 2. The van der Waals surface area contributed by atoms with Crippen molar-refractivity contribution in [2.45, 2.75) is 20.8 Å². The van der Waals surface area contributed by atoms with Crippen LogP contribution in [0.2, 0.25) is 0 Å². The van der Waals surface area contributed by atoms with E-state index in [2.05, 4.69) is 0 Å². The summed E-state index contributed by atoms with van der Waals surface area (Å²) in [4.78, 5) is 9.72. The van der Waals surface area contributed by atoms with E-state index in [-0.39, 0.29) is 19.8 Å². The van der Waals surface area contributed by atoms with Gasteiger partial charge in [0.15, 0.2) is 0 Å². The quantitative estimate of drug-likeness (QED) is 0.628. The van der Waals surface area contributed by atoms with Crippen LogP contribution < -0.4 is 5.50 Å². The topological polar surface area (TPSA) is 73.9 Å². The van der Waals surface area contributed by atoms with Gasteiger partial charge in [-0.3, -0.25) is 0 Å². The van der Waals surface area contributed by atoms with Gasteiger partial charge in [-0.15, -0.1) is 0 Å². The van der Waals surface area contributed by atoms with Gasteiger partial charge in [-0.05, 0) is 0 Å². The minimum absolute atomic E-state index is 0.255. The van der Waals surface area contributed by atoms with Crippen molar-refractivity contribution in [2.24, 2.45) is 5.50 Å². The zero-order valence-corrected chi connectivity index (χ0v) is 8.71. The monoisotopic (exact) mass is 199 g/mol. The van der Waals surface area contributed by atoms with Gasteiger partial charge in [0.1, 0.15) is 0 Å². The number of hydrogen-bond acceptors (Lipinski definition) is 5. The van der Waals surface area contributed by atoms with Gasteiger partial charge in [-0.1, -0.05) is 0 Å². The predicted molar refractivity (Wildman–Crippen MR) is 48.2 cm³/mol. The molecule has 0 rings (SSSR count). The van der Waals surface area contributed by atoms with Crippen molar-refractivity contribution < 1.29 is 18.5 Å². The molecule has 5 nitrogen and oxygen atoms in total. The van der Waals surface area contributed by atoms with E-state index in [0.29, 0.717) is 0 Å². The Bertz CT molecular complexity index is 118. The molecule has 0 saturated carbocycles. The van der Waals surface area contributed by atoms with Gasteiger partial charge < -0.3 is 0 Å². The van der Waals surface area contributed by atoms with Gasteiger partial charge in [0.2, 0.25) is 0 Å². The van der Waals surface area contributed by atoms with Crippen LogP contribution in [-0.2, 0) is 13.6 Å². The molecule has 0 atom stereocenters. The molecule has 0 saturated heterocycles. The first kappa shape index (κ1) is 12.2. The van der Waals surface area contributed by atoms with Gasteiger partial charge in [0.25, 0.3) is 0 Å². The Balaban J connectivity index is 4.31. The Kier molecular flexibility index (Phi) is 4.55. The molecule has 0 fully saturated rings. The van der Waals surface area contributed by atoms with Gasteiger partial charge in [-0.2, -0.15) is 0 Å². The van der Waals surface area contributed by atoms with Crippen LogP contribution in [0, 0.1) is 0 Å². The van der Waals surface area contributed by atoms with Crippen LogP contribution in [0.25, 0.3) is 0 Å². The van der Waals surface area contributed by atoms with Gasteiger partial charge >= 0.3 is 72.2 Å². The molecule has 3 N–H and O–H groups in total. The van der Waals surface area contributed by atoms with Crippen molar-refractivity contribution in [1.29, 1.82) is 0 Å². The molecule has 0 aromatic heterocycles. The molecule has 0 bridgehead atoms. The number of nitrogens with two attached hydrogens (primary N) is 1. The van der Waals surface area contributed by atoms with E-state index in [4.69, 9.17) is 19.1 Å². The molecule has 0 radical (unpaired) electrons. The molecule has 0 spiro atoms. The van der Waals surface area contributed by atoms with Crippen molar-refractivity contribution in [3.05, 3.63) is 0 Å². The third-order valence-corrected chi connectivity index (χ3v) is 3.30. The van der Waals surface area contributed by atoms with E-state index in [1.807, 2.05) is 0 Å². The van der Waals surface area contributed by atoms with Crippen molar-refractivity contribution >= 4 is 7.66 Å². The van der Waals surface area contributed by atoms with Crippen LogP contribution in [0.1, 0.15) is 20.8 Å². The molecule has 0 aliphatic rings. The summed E-state index contributed by atoms with van der Waals surface area (Å²) in [6.45, 7) is 5.90. The Hall–Kier alpha value is 0.230. The Morgan fingerprint density at radius 1 is 1.00 bits per heavy atom. The zero-order valence-electron chi connectivity index (χ0n) is 7.82. The summed E-state index contributed by atoms with van der Waals surface area (Å²) in [6.07, 6.45) is 0. The maximum atomic E-state index is 9.72. The molecule has 0 aliphatic heterocycles. The first-order valence-electron chi connectivity index (χ1n) is 3.99. The Morgan fingerprint density at radius 2 is 1.25 bits per heavy atom. The summed E-state index contributed by atoms with van der Waals surface area (Å²) in [6, 6.07) is 0. The Labute approximate surface area is 73.1 Å². The van der Waals surface area contributed by atoms with Crippen LogP contribution in [0.3, 0.4) is 0 Å². The van der Waals surface area contributed by atoms with Gasteiger partial charge in [0.05, 0.1) is 0 Å². The fraction of sp³-hybridized carbons (Fsp3) is 1.00. The van der Waals surface area contributed by atoms with Crippen LogP contribution >= 0.6 is 7.66 Å². The number of rotatable bonds is 6. The van der Waals surface area contributed by atoms with Crippen LogP contribution in [0.15, 0.2) is 0 Å². The summed E-state index contributed by atoms with van der Waals surface area (Å²) < 4.78 is 14.8. The van der Waals surface area contributed by atoms with E-state index in [1.54, 1.807) is 20.8 Å². The average Bonchev–Trinajstić information content (AvgIpc) is 1.86. The fourth-order valence-corrected chi connectivity index (χ4v) is 2.47. The molecular formula is C6H18NO4P. The summed E-state index contributed by atoms with van der Waals surface area (Å²) in [5, 5.41) is 0. The van der Waals surface area contributed by atoms with Gasteiger partial charge in [-0.25, -0.2) is 0 Å². The first-order valence-corrected chi connectivity index (χ1v) is 6.01. The van der Waals surface area contributed by atoms with Crippen molar-refractivity contribution in [3.63, 3.8) is 0 Å². The zero-order chi connectivity index (χ0) is 9.69. The van der Waals surface area contributed by atoms with E-state index in [0.717, 1.165) is 0 Å². The van der Waals surface area contributed by atoms with E-state index < -0.39 is 7.66 Å². The standard InChI is InChI=1S/C6H18NO4P/c1-4-9-12(7,8,10-5-2)11-6-3/h8H,4-7H2,1-3H3. The normalized spacial score (nSPS) is 15.6. The molecular weight excluding hydrogens is 181 g/mol. The molecule has 0 aliphatic carbocycles. The molecule has 6 heteroatoms. The second kappa shape index (κ2) is 4.46. The molecule has 0 amide bonds. The molecule has 0 heterocycles. The van der Waals surface area contributed by atoms with Crippen molar-refractivity contribution in [3.8, 4) is 0 Å². The van der Waals surface area contributed by atoms with E-state index >= 15 is 0 Å². The Morgan fingerprint density at radius 3 is 1.42 bits per heavy atom. The molecule has 0 unspecified atom stereocenters. The SMILES string of the molecule is CCOP(N)(O)(OCC)OCC. The molecule has 0 aromatic rings. The summed E-state index contributed by atoms with van der Waals surface area (Å²) in [5.41, 5.74) is 5.49. The van der Waals surface area contributed by atoms with Crippen LogP contribution in [0.4, 0.5) is 0 Å². The third-order valence-electron chi connectivity index (χ3n) is 1.10. The van der Waals surface area contributed by atoms with Crippen molar-refractivity contribution in [2.75, 3.05) is 19.8 Å². The molecule has 12 heavy (non-hydrogen) atoms. The summed E-state index contributed by atoms with van der Waals surface area (Å²) >= 11 is 0. The first-order chi connectivity index (χ1) is 5.46. The summed E-state index contributed by atoms with van der Waals surface area (Å²) in [7, 11) is -4.21. The van der Waals surface area contributed by atoms with E-state index in [9.17, 15) is 4.89 Å².